The summed E-state index contributed by atoms with van der Waals surface area (Å²) in [6.45, 7) is 1.89. The van der Waals surface area contributed by atoms with E-state index in [4.69, 9.17) is 0 Å². The molecule has 0 unspecified atom stereocenters. The summed E-state index contributed by atoms with van der Waals surface area (Å²) < 4.78 is 0. The van der Waals surface area contributed by atoms with Crippen LogP contribution in [0.3, 0.4) is 0 Å². The fourth-order valence-corrected chi connectivity index (χ4v) is 3.75. The van der Waals surface area contributed by atoms with Gasteiger partial charge in [-0.25, -0.2) is 4.98 Å². The molecular formula is C15H20Cl2N4O2S2. The molecule has 0 bridgehead atoms. The maximum Gasteiger partial charge on any atom is 0.267 e. The number of thiophene rings is 1. The fourth-order valence-electron chi connectivity index (χ4n) is 2.42. The SMILES string of the molecule is Cl.Cl.O=C(Cc1csc(NC(=O)c2cccs2)n1)NC1CCNCC1. The Balaban J connectivity index is 0.00000156. The number of thiazole rings is 1. The molecule has 3 heterocycles. The first-order valence-corrected chi connectivity index (χ1v) is 9.26. The zero-order valence-electron chi connectivity index (χ0n) is 13.3. The lowest BCUT2D eigenvalue weighted by molar-refractivity contribution is -0.121. The largest absolute Gasteiger partial charge is 0.353 e. The van der Waals surface area contributed by atoms with Gasteiger partial charge in [0.2, 0.25) is 5.91 Å². The molecule has 0 saturated carbocycles. The number of carbonyl (C=O) groups excluding carboxylic acids is 2. The summed E-state index contributed by atoms with van der Waals surface area (Å²) in [6.07, 6.45) is 2.17. The number of rotatable bonds is 5. The van der Waals surface area contributed by atoms with E-state index in [2.05, 4.69) is 20.9 Å². The molecule has 10 heteroatoms. The van der Waals surface area contributed by atoms with E-state index < -0.39 is 0 Å². The van der Waals surface area contributed by atoms with Gasteiger partial charge in [0, 0.05) is 11.4 Å². The summed E-state index contributed by atoms with van der Waals surface area (Å²) >= 11 is 2.72. The van der Waals surface area contributed by atoms with E-state index in [1.165, 1.54) is 22.7 Å². The molecule has 138 valence electrons. The molecule has 3 rings (SSSR count). The number of carbonyl (C=O) groups is 2. The van der Waals surface area contributed by atoms with Crippen LogP contribution < -0.4 is 16.0 Å². The van der Waals surface area contributed by atoms with Crippen molar-refractivity contribution in [1.29, 1.82) is 0 Å². The van der Waals surface area contributed by atoms with Crippen molar-refractivity contribution in [1.82, 2.24) is 15.6 Å². The number of anilines is 1. The van der Waals surface area contributed by atoms with Gasteiger partial charge < -0.3 is 10.6 Å². The van der Waals surface area contributed by atoms with Crippen LogP contribution in [0.25, 0.3) is 0 Å². The number of hydrogen-bond donors (Lipinski definition) is 3. The lowest BCUT2D eigenvalue weighted by Gasteiger charge is -2.23. The Bertz CT molecular complexity index is 673. The van der Waals surface area contributed by atoms with E-state index in [-0.39, 0.29) is 49.1 Å². The highest BCUT2D eigenvalue weighted by Crippen LogP contribution is 2.18. The average molecular weight is 423 g/mol. The molecule has 1 fully saturated rings. The van der Waals surface area contributed by atoms with Gasteiger partial charge in [-0.1, -0.05) is 6.07 Å². The predicted octanol–water partition coefficient (Wildman–Crippen LogP) is 2.71. The van der Waals surface area contributed by atoms with Crippen molar-refractivity contribution in [3.63, 3.8) is 0 Å². The second-order valence-corrected chi connectivity index (χ2v) is 7.15. The Morgan fingerprint density at radius 2 is 2.00 bits per heavy atom. The van der Waals surface area contributed by atoms with Crippen LogP contribution in [0.4, 0.5) is 5.13 Å². The molecule has 1 aliphatic heterocycles. The molecule has 2 aromatic heterocycles. The topological polar surface area (TPSA) is 83.1 Å². The van der Waals surface area contributed by atoms with Gasteiger partial charge >= 0.3 is 0 Å². The van der Waals surface area contributed by atoms with Crippen LogP contribution in [-0.4, -0.2) is 35.9 Å². The maximum atomic E-state index is 12.0. The van der Waals surface area contributed by atoms with Crippen LogP contribution in [0.15, 0.2) is 22.9 Å². The average Bonchev–Trinajstić information content (AvgIpc) is 3.20. The summed E-state index contributed by atoms with van der Waals surface area (Å²) in [6, 6.07) is 3.85. The minimum atomic E-state index is -0.167. The standard InChI is InChI=1S/C15H18N4O2S2.2ClH/c20-13(17-10-3-5-16-6-4-10)8-11-9-23-15(18-11)19-14(21)12-2-1-7-22-12;;/h1-2,7,9-10,16H,3-6,8H2,(H,17,20)(H,18,19,21);2*1H. The van der Waals surface area contributed by atoms with Gasteiger partial charge in [0.05, 0.1) is 17.0 Å². The van der Waals surface area contributed by atoms with Crippen molar-refractivity contribution in [2.45, 2.75) is 25.3 Å². The molecule has 2 amide bonds. The van der Waals surface area contributed by atoms with E-state index in [9.17, 15) is 9.59 Å². The molecule has 3 N–H and O–H groups in total. The van der Waals surface area contributed by atoms with E-state index in [0.29, 0.717) is 15.7 Å². The Kier molecular flexibility index (Phi) is 9.37. The fraction of sp³-hybridized carbons (Fsp3) is 0.400. The van der Waals surface area contributed by atoms with Gasteiger partial charge in [-0.05, 0) is 37.4 Å². The van der Waals surface area contributed by atoms with Gasteiger partial charge in [0.15, 0.2) is 5.13 Å². The quantitative estimate of drug-likeness (QED) is 0.691. The molecule has 1 saturated heterocycles. The normalized spacial score (nSPS) is 14.1. The molecule has 0 radical (unpaired) electrons. The van der Waals surface area contributed by atoms with Crippen LogP contribution in [0.5, 0.6) is 0 Å². The first kappa shape index (κ1) is 21.9. The molecule has 6 nitrogen and oxygen atoms in total. The lowest BCUT2D eigenvalue weighted by Crippen LogP contribution is -2.43. The summed E-state index contributed by atoms with van der Waals surface area (Å²) in [7, 11) is 0. The zero-order valence-corrected chi connectivity index (χ0v) is 16.6. The van der Waals surface area contributed by atoms with Crippen LogP contribution in [0.1, 0.15) is 28.2 Å². The number of nitrogens with zero attached hydrogens (tertiary/aromatic N) is 1. The van der Waals surface area contributed by atoms with Gasteiger partial charge in [-0.15, -0.1) is 47.5 Å². The van der Waals surface area contributed by atoms with Crippen LogP contribution in [-0.2, 0) is 11.2 Å². The number of halogens is 2. The second kappa shape index (κ2) is 10.7. The van der Waals surface area contributed by atoms with Crippen molar-refractivity contribution in [3.05, 3.63) is 33.5 Å². The first-order valence-electron chi connectivity index (χ1n) is 7.50. The molecule has 1 aliphatic rings. The Labute approximate surface area is 166 Å². The van der Waals surface area contributed by atoms with Crippen molar-refractivity contribution >= 4 is 64.4 Å². The molecule has 0 atom stereocenters. The number of piperidine rings is 1. The predicted molar refractivity (Wildman–Crippen MR) is 107 cm³/mol. The highest BCUT2D eigenvalue weighted by molar-refractivity contribution is 7.14. The number of amides is 2. The highest BCUT2D eigenvalue weighted by Gasteiger charge is 2.17. The van der Waals surface area contributed by atoms with Crippen molar-refractivity contribution in [3.8, 4) is 0 Å². The third-order valence-corrected chi connectivity index (χ3v) is 5.24. The van der Waals surface area contributed by atoms with E-state index in [0.717, 1.165) is 25.9 Å². The Hall–Kier alpha value is -1.19. The Morgan fingerprint density at radius 1 is 1.24 bits per heavy atom. The number of nitrogens with one attached hydrogen (secondary N) is 3. The van der Waals surface area contributed by atoms with Crippen LogP contribution in [0.2, 0.25) is 0 Å². The van der Waals surface area contributed by atoms with Crippen molar-refractivity contribution < 1.29 is 9.59 Å². The van der Waals surface area contributed by atoms with E-state index in [1.807, 2.05) is 16.8 Å². The van der Waals surface area contributed by atoms with Gasteiger partial charge in [0.25, 0.3) is 5.91 Å². The third-order valence-electron chi connectivity index (χ3n) is 3.56. The first-order chi connectivity index (χ1) is 11.2. The summed E-state index contributed by atoms with van der Waals surface area (Å²) in [5.74, 6) is -0.182. The lowest BCUT2D eigenvalue weighted by atomic mass is 10.1. The number of hydrogen-bond acceptors (Lipinski definition) is 6. The molecular weight excluding hydrogens is 403 g/mol. The van der Waals surface area contributed by atoms with Crippen LogP contribution >= 0.6 is 47.5 Å². The van der Waals surface area contributed by atoms with Gasteiger partial charge in [-0.2, -0.15) is 0 Å². The third kappa shape index (κ3) is 6.56. The summed E-state index contributed by atoms with van der Waals surface area (Å²) in [5, 5.41) is 13.3. The Morgan fingerprint density at radius 3 is 2.68 bits per heavy atom. The van der Waals surface area contributed by atoms with Crippen LogP contribution in [0, 0.1) is 0 Å². The highest BCUT2D eigenvalue weighted by atomic mass is 35.5. The van der Waals surface area contributed by atoms with Gasteiger partial charge in [-0.3, -0.25) is 14.9 Å². The summed E-state index contributed by atoms with van der Waals surface area (Å²) in [4.78, 5) is 29.0. The minimum Gasteiger partial charge on any atom is -0.353 e. The number of aromatic nitrogens is 1. The monoisotopic (exact) mass is 422 g/mol. The molecule has 25 heavy (non-hydrogen) atoms. The molecule has 0 aromatic carbocycles. The van der Waals surface area contributed by atoms with Gasteiger partial charge in [0.1, 0.15) is 0 Å². The maximum absolute atomic E-state index is 12.0. The molecule has 0 spiro atoms. The second-order valence-electron chi connectivity index (χ2n) is 5.34. The summed E-state index contributed by atoms with van der Waals surface area (Å²) in [5.41, 5.74) is 0.683. The minimum absolute atomic E-state index is 0. The van der Waals surface area contributed by atoms with E-state index >= 15 is 0 Å². The van der Waals surface area contributed by atoms with Crippen molar-refractivity contribution in [2.75, 3.05) is 18.4 Å². The molecule has 0 aliphatic carbocycles. The van der Waals surface area contributed by atoms with Crippen molar-refractivity contribution in [2.24, 2.45) is 0 Å². The zero-order chi connectivity index (χ0) is 16.1. The smallest absolute Gasteiger partial charge is 0.267 e. The van der Waals surface area contributed by atoms with E-state index in [1.54, 1.807) is 6.07 Å². The molecule has 2 aromatic rings.